The first-order valence-electron chi connectivity index (χ1n) is 5.38. The quantitative estimate of drug-likeness (QED) is 0.438. The van der Waals surface area contributed by atoms with Gasteiger partial charge in [0.05, 0.1) is 13.7 Å². The predicted octanol–water partition coefficient (Wildman–Crippen LogP) is 0.536. The second-order valence-electron chi connectivity index (χ2n) is 4.87. The summed E-state index contributed by atoms with van der Waals surface area (Å²) in [5.74, 6) is -0.480. The van der Waals surface area contributed by atoms with Crippen LogP contribution < -0.4 is 0 Å². The van der Waals surface area contributed by atoms with Gasteiger partial charge in [0.1, 0.15) is 0 Å². The molecule has 0 heterocycles. The summed E-state index contributed by atoms with van der Waals surface area (Å²) in [6.07, 6.45) is 0. The fraction of sp³-hybridized carbons (Fsp3) is 0.900. The van der Waals surface area contributed by atoms with Crippen molar-refractivity contribution in [3.63, 3.8) is 0 Å². The number of rotatable bonds is 5. The van der Waals surface area contributed by atoms with Crippen LogP contribution in [0.15, 0.2) is 0 Å². The maximum atomic E-state index is 11.5. The SMILES string of the molecule is COC(=O)[C@H](CO)N(O[SiH](C)C)C(C)(C)C. The zero-order chi connectivity index (χ0) is 12.9. The van der Waals surface area contributed by atoms with Gasteiger partial charge in [-0.3, -0.25) is 4.79 Å². The van der Waals surface area contributed by atoms with E-state index in [-0.39, 0.29) is 12.1 Å². The number of ether oxygens (including phenoxy) is 1. The van der Waals surface area contributed by atoms with Crippen molar-refractivity contribution in [1.29, 1.82) is 0 Å². The number of nitrogens with zero attached hydrogens (tertiary/aromatic N) is 1. The Labute approximate surface area is 99.0 Å². The fourth-order valence-electron chi connectivity index (χ4n) is 1.31. The lowest BCUT2D eigenvalue weighted by Crippen LogP contribution is -2.54. The lowest BCUT2D eigenvalue weighted by Gasteiger charge is -2.39. The van der Waals surface area contributed by atoms with Gasteiger partial charge < -0.3 is 14.4 Å². The molecule has 0 fully saturated rings. The smallest absolute Gasteiger partial charge is 0.327 e. The topological polar surface area (TPSA) is 59.0 Å². The number of carbonyl (C=O) groups excluding carboxylic acids is 1. The second-order valence-corrected chi connectivity index (χ2v) is 7.18. The van der Waals surface area contributed by atoms with Crippen LogP contribution in [0.5, 0.6) is 0 Å². The Morgan fingerprint density at radius 3 is 2.19 bits per heavy atom. The molecule has 0 aliphatic carbocycles. The van der Waals surface area contributed by atoms with Crippen molar-refractivity contribution < 1.29 is 19.2 Å². The number of hydroxylamine groups is 2. The molecule has 0 unspecified atom stereocenters. The minimum absolute atomic E-state index is 0.314. The molecule has 5 nitrogen and oxygen atoms in total. The summed E-state index contributed by atoms with van der Waals surface area (Å²) < 4.78 is 10.4. The van der Waals surface area contributed by atoms with Gasteiger partial charge in [0.2, 0.25) is 0 Å². The van der Waals surface area contributed by atoms with Crippen LogP contribution in [-0.4, -0.2) is 50.5 Å². The first kappa shape index (κ1) is 15.6. The molecule has 0 aliphatic rings. The minimum Gasteiger partial charge on any atom is -0.468 e. The van der Waals surface area contributed by atoms with Gasteiger partial charge in [0, 0.05) is 5.54 Å². The van der Waals surface area contributed by atoms with E-state index in [4.69, 9.17) is 4.53 Å². The van der Waals surface area contributed by atoms with E-state index in [0.717, 1.165) is 0 Å². The van der Waals surface area contributed by atoms with Gasteiger partial charge in [-0.15, -0.1) is 0 Å². The Morgan fingerprint density at radius 2 is 1.94 bits per heavy atom. The van der Waals surface area contributed by atoms with Crippen LogP contribution in [0.25, 0.3) is 0 Å². The minimum atomic E-state index is -1.34. The Balaban J connectivity index is 4.91. The van der Waals surface area contributed by atoms with E-state index in [1.54, 1.807) is 5.06 Å². The largest absolute Gasteiger partial charge is 0.468 e. The van der Waals surface area contributed by atoms with Gasteiger partial charge in [-0.2, -0.15) is 5.06 Å². The number of esters is 1. The van der Waals surface area contributed by atoms with Gasteiger partial charge in [0.25, 0.3) is 0 Å². The highest BCUT2D eigenvalue weighted by atomic mass is 28.3. The molecule has 0 aromatic carbocycles. The molecular formula is C10H23NO4Si. The summed E-state index contributed by atoms with van der Waals surface area (Å²) >= 11 is 0. The zero-order valence-electron chi connectivity index (χ0n) is 11.0. The molecule has 16 heavy (non-hydrogen) atoms. The zero-order valence-corrected chi connectivity index (χ0v) is 12.1. The first-order chi connectivity index (χ1) is 7.23. The molecule has 0 spiro atoms. The average molecular weight is 249 g/mol. The lowest BCUT2D eigenvalue weighted by molar-refractivity contribution is -0.193. The normalized spacial score (nSPS) is 14.3. The number of methoxy groups -OCH3 is 1. The van der Waals surface area contributed by atoms with Gasteiger partial charge in [-0.1, -0.05) is 0 Å². The molecule has 0 saturated heterocycles. The maximum absolute atomic E-state index is 11.5. The van der Waals surface area contributed by atoms with Crippen LogP contribution in [0.2, 0.25) is 13.1 Å². The molecule has 0 saturated carbocycles. The average Bonchev–Trinajstić information content (AvgIpc) is 2.15. The molecule has 0 radical (unpaired) electrons. The highest BCUT2D eigenvalue weighted by Crippen LogP contribution is 2.19. The van der Waals surface area contributed by atoms with Crippen LogP contribution >= 0.6 is 0 Å². The molecule has 0 amide bonds. The summed E-state index contributed by atoms with van der Waals surface area (Å²) in [4.78, 5) is 11.5. The first-order valence-corrected chi connectivity index (χ1v) is 8.17. The number of carbonyl (C=O) groups is 1. The number of aliphatic hydroxyl groups excluding tert-OH is 1. The molecule has 0 aliphatic heterocycles. The number of hydrogen-bond donors (Lipinski definition) is 1. The summed E-state index contributed by atoms with van der Waals surface area (Å²) in [5, 5.41) is 10.8. The van der Waals surface area contributed by atoms with Gasteiger partial charge in [0.15, 0.2) is 15.1 Å². The monoisotopic (exact) mass is 249 g/mol. The van der Waals surface area contributed by atoms with E-state index in [1.807, 2.05) is 33.9 Å². The summed E-state index contributed by atoms with van der Waals surface area (Å²) in [5.41, 5.74) is -0.362. The van der Waals surface area contributed by atoms with Crippen LogP contribution in [0.1, 0.15) is 20.8 Å². The Bertz CT molecular complexity index is 227. The molecule has 0 aromatic rings. The van der Waals surface area contributed by atoms with E-state index >= 15 is 0 Å². The van der Waals surface area contributed by atoms with Crippen molar-refractivity contribution in [3.05, 3.63) is 0 Å². The molecule has 1 atom stereocenters. The molecule has 96 valence electrons. The summed E-state index contributed by atoms with van der Waals surface area (Å²) in [6.45, 7) is 9.47. The lowest BCUT2D eigenvalue weighted by atomic mass is 10.1. The maximum Gasteiger partial charge on any atom is 0.327 e. The molecule has 0 rings (SSSR count). The van der Waals surface area contributed by atoms with Crippen LogP contribution in [0.4, 0.5) is 0 Å². The molecule has 6 heteroatoms. The molecular weight excluding hydrogens is 226 g/mol. The van der Waals surface area contributed by atoms with Crippen LogP contribution in [0.3, 0.4) is 0 Å². The summed E-state index contributed by atoms with van der Waals surface area (Å²) in [7, 11) is -0.0393. The molecule has 0 bridgehead atoms. The van der Waals surface area contributed by atoms with E-state index < -0.39 is 21.1 Å². The van der Waals surface area contributed by atoms with Gasteiger partial charge in [-0.25, -0.2) is 0 Å². The van der Waals surface area contributed by atoms with E-state index in [9.17, 15) is 9.90 Å². The Kier molecular flexibility index (Phi) is 6.17. The second kappa shape index (κ2) is 6.34. The van der Waals surface area contributed by atoms with E-state index in [1.165, 1.54) is 7.11 Å². The standard InChI is InChI=1S/C10H23NO4Si/c1-10(2,3)11(15-16(5)6)8(7-12)9(13)14-4/h8,12,16H,7H2,1-6H3/t8-/m0/s1. The summed E-state index contributed by atoms with van der Waals surface area (Å²) in [6, 6.07) is -0.764. The van der Waals surface area contributed by atoms with E-state index in [0.29, 0.717) is 0 Å². The fourth-order valence-corrected chi connectivity index (χ4v) is 2.22. The number of hydrogen-bond acceptors (Lipinski definition) is 5. The predicted molar refractivity (Wildman–Crippen MR) is 64.4 cm³/mol. The third kappa shape index (κ3) is 4.61. The third-order valence-corrected chi connectivity index (χ3v) is 2.56. The van der Waals surface area contributed by atoms with E-state index in [2.05, 4.69) is 4.74 Å². The van der Waals surface area contributed by atoms with Gasteiger partial charge in [-0.05, 0) is 33.9 Å². The van der Waals surface area contributed by atoms with Crippen molar-refractivity contribution in [2.75, 3.05) is 13.7 Å². The Morgan fingerprint density at radius 1 is 1.44 bits per heavy atom. The van der Waals surface area contributed by atoms with Crippen molar-refractivity contribution in [2.24, 2.45) is 0 Å². The van der Waals surface area contributed by atoms with Crippen LogP contribution in [-0.2, 0) is 14.1 Å². The van der Waals surface area contributed by atoms with Crippen molar-refractivity contribution in [2.45, 2.75) is 45.4 Å². The number of aliphatic hydroxyl groups is 1. The Hall–Kier alpha value is -0.433. The van der Waals surface area contributed by atoms with Crippen molar-refractivity contribution in [1.82, 2.24) is 5.06 Å². The van der Waals surface area contributed by atoms with Crippen LogP contribution in [0, 0.1) is 0 Å². The molecule has 0 aromatic heterocycles. The molecule has 1 N–H and O–H groups in total. The van der Waals surface area contributed by atoms with Gasteiger partial charge >= 0.3 is 5.97 Å². The highest BCUT2D eigenvalue weighted by molar-refractivity contribution is 6.48. The van der Waals surface area contributed by atoms with Crippen molar-refractivity contribution >= 4 is 15.0 Å². The third-order valence-electron chi connectivity index (χ3n) is 1.91. The highest BCUT2D eigenvalue weighted by Gasteiger charge is 2.35. The van der Waals surface area contributed by atoms with Crippen molar-refractivity contribution in [3.8, 4) is 0 Å².